The van der Waals surface area contributed by atoms with E-state index in [-0.39, 0.29) is 11.7 Å². The van der Waals surface area contributed by atoms with Gasteiger partial charge in [-0.2, -0.15) is 10.1 Å². The molecule has 3 aromatic rings. The number of carbonyl (C=O) groups excluding carboxylic acids is 1. The van der Waals surface area contributed by atoms with Gasteiger partial charge in [0.15, 0.2) is 5.65 Å². The molecule has 6 nitrogen and oxygen atoms in total. The molecule has 4 rings (SSSR count). The SMILES string of the molecule is COc1nc2c(c(C)nn2-c2cccc(F)c2)c(C)c1CCC(=O)NC1CCCCC1. The lowest BCUT2D eigenvalue weighted by Crippen LogP contribution is -2.36. The van der Waals surface area contributed by atoms with Gasteiger partial charge in [-0.05, 0) is 56.9 Å². The summed E-state index contributed by atoms with van der Waals surface area (Å²) in [6.07, 6.45) is 6.70. The number of nitrogens with one attached hydrogen (secondary N) is 1. The Balaban J connectivity index is 1.63. The Labute approximate surface area is 181 Å². The molecule has 0 atom stereocenters. The first-order valence-electron chi connectivity index (χ1n) is 11.0. The van der Waals surface area contributed by atoms with Crippen molar-refractivity contribution in [3.63, 3.8) is 0 Å². The summed E-state index contributed by atoms with van der Waals surface area (Å²) in [4.78, 5) is 17.2. The smallest absolute Gasteiger partial charge is 0.220 e. The number of aryl methyl sites for hydroxylation is 2. The van der Waals surface area contributed by atoms with Crippen LogP contribution in [0.1, 0.15) is 55.3 Å². The summed E-state index contributed by atoms with van der Waals surface area (Å²) >= 11 is 0. The summed E-state index contributed by atoms with van der Waals surface area (Å²) in [6.45, 7) is 3.92. The highest BCUT2D eigenvalue weighted by Crippen LogP contribution is 2.32. The van der Waals surface area contributed by atoms with E-state index in [1.54, 1.807) is 23.9 Å². The zero-order valence-electron chi connectivity index (χ0n) is 18.4. The van der Waals surface area contributed by atoms with Gasteiger partial charge in [-0.15, -0.1) is 0 Å². The number of hydrogen-bond acceptors (Lipinski definition) is 4. The molecule has 1 aliphatic rings. The van der Waals surface area contributed by atoms with E-state index in [4.69, 9.17) is 9.72 Å². The second-order valence-electron chi connectivity index (χ2n) is 8.30. The topological polar surface area (TPSA) is 69.0 Å². The number of carbonyl (C=O) groups is 1. The predicted molar refractivity (Wildman–Crippen MR) is 118 cm³/mol. The number of amides is 1. The number of pyridine rings is 1. The number of nitrogens with zero attached hydrogens (tertiary/aromatic N) is 3. The van der Waals surface area contributed by atoms with Crippen LogP contribution >= 0.6 is 0 Å². The van der Waals surface area contributed by atoms with Gasteiger partial charge in [-0.1, -0.05) is 25.3 Å². The van der Waals surface area contributed by atoms with Crippen LogP contribution in [-0.2, 0) is 11.2 Å². The van der Waals surface area contributed by atoms with Crippen LogP contribution in [-0.4, -0.2) is 33.8 Å². The first-order valence-corrected chi connectivity index (χ1v) is 11.0. The molecule has 0 unspecified atom stereocenters. The van der Waals surface area contributed by atoms with Crippen molar-refractivity contribution >= 4 is 16.9 Å². The summed E-state index contributed by atoms with van der Waals surface area (Å²) in [5, 5.41) is 8.69. The highest BCUT2D eigenvalue weighted by Gasteiger charge is 2.21. The van der Waals surface area contributed by atoms with Crippen molar-refractivity contribution in [1.29, 1.82) is 0 Å². The van der Waals surface area contributed by atoms with E-state index in [1.165, 1.54) is 31.4 Å². The van der Waals surface area contributed by atoms with Gasteiger partial charge < -0.3 is 10.1 Å². The van der Waals surface area contributed by atoms with E-state index in [0.717, 1.165) is 35.0 Å². The first kappa shape index (κ1) is 21.3. The number of benzene rings is 1. The maximum absolute atomic E-state index is 13.8. The Kier molecular flexibility index (Phi) is 6.20. The first-order chi connectivity index (χ1) is 15.0. The van der Waals surface area contributed by atoms with Crippen LogP contribution < -0.4 is 10.1 Å². The summed E-state index contributed by atoms with van der Waals surface area (Å²) in [5.74, 6) is 0.219. The van der Waals surface area contributed by atoms with E-state index in [0.29, 0.717) is 36.1 Å². The van der Waals surface area contributed by atoms with Crippen LogP contribution in [0.25, 0.3) is 16.7 Å². The van der Waals surface area contributed by atoms with Gasteiger partial charge >= 0.3 is 0 Å². The van der Waals surface area contributed by atoms with Gasteiger partial charge in [0.25, 0.3) is 0 Å². The van der Waals surface area contributed by atoms with Crippen LogP contribution in [0.5, 0.6) is 5.88 Å². The van der Waals surface area contributed by atoms with Crippen LogP contribution in [0, 0.1) is 19.7 Å². The summed E-state index contributed by atoms with van der Waals surface area (Å²) in [5.41, 5.74) is 3.93. The minimum Gasteiger partial charge on any atom is -0.481 e. The predicted octanol–water partition coefficient (Wildman–Crippen LogP) is 4.57. The van der Waals surface area contributed by atoms with Crippen molar-refractivity contribution < 1.29 is 13.9 Å². The number of rotatable bonds is 6. The molecule has 0 spiro atoms. The monoisotopic (exact) mass is 424 g/mol. The number of hydrogen-bond donors (Lipinski definition) is 1. The van der Waals surface area contributed by atoms with E-state index < -0.39 is 0 Å². The molecule has 164 valence electrons. The average Bonchev–Trinajstić information content (AvgIpc) is 3.10. The molecule has 1 amide bonds. The molecule has 0 radical (unpaired) electrons. The van der Waals surface area contributed by atoms with Gasteiger partial charge in [-0.3, -0.25) is 4.79 Å². The third-order valence-electron chi connectivity index (χ3n) is 6.15. The lowest BCUT2D eigenvalue weighted by Gasteiger charge is -2.22. The number of methoxy groups -OCH3 is 1. The Hall–Kier alpha value is -2.96. The van der Waals surface area contributed by atoms with Crippen LogP contribution in [0.3, 0.4) is 0 Å². The highest BCUT2D eigenvalue weighted by molar-refractivity contribution is 5.86. The molecule has 2 heterocycles. The van der Waals surface area contributed by atoms with Crippen molar-refractivity contribution in [3.05, 3.63) is 46.9 Å². The minimum atomic E-state index is -0.330. The van der Waals surface area contributed by atoms with Crippen molar-refractivity contribution in [1.82, 2.24) is 20.1 Å². The molecular formula is C24H29FN4O2. The Morgan fingerprint density at radius 3 is 2.74 bits per heavy atom. The quantitative estimate of drug-likeness (QED) is 0.630. The van der Waals surface area contributed by atoms with Crippen molar-refractivity contribution in [2.24, 2.45) is 0 Å². The maximum Gasteiger partial charge on any atom is 0.220 e. The number of halogens is 1. The zero-order valence-corrected chi connectivity index (χ0v) is 18.4. The van der Waals surface area contributed by atoms with E-state index in [1.807, 2.05) is 13.8 Å². The van der Waals surface area contributed by atoms with Crippen molar-refractivity contribution in [3.8, 4) is 11.6 Å². The lowest BCUT2D eigenvalue weighted by molar-refractivity contribution is -0.121. The fraction of sp³-hybridized carbons (Fsp3) is 0.458. The van der Waals surface area contributed by atoms with Gasteiger partial charge in [0.2, 0.25) is 11.8 Å². The fourth-order valence-corrected chi connectivity index (χ4v) is 4.57. The van der Waals surface area contributed by atoms with E-state index in [2.05, 4.69) is 10.4 Å². The molecule has 0 bridgehead atoms. The molecule has 0 aliphatic heterocycles. The molecule has 1 fully saturated rings. The van der Waals surface area contributed by atoms with Gasteiger partial charge in [0.05, 0.1) is 18.5 Å². The number of ether oxygens (including phenoxy) is 1. The Morgan fingerprint density at radius 2 is 2.03 bits per heavy atom. The van der Waals surface area contributed by atoms with Crippen LogP contribution in [0.4, 0.5) is 4.39 Å². The van der Waals surface area contributed by atoms with Crippen LogP contribution in [0.15, 0.2) is 24.3 Å². The number of aromatic nitrogens is 3. The molecule has 2 aromatic heterocycles. The highest BCUT2D eigenvalue weighted by atomic mass is 19.1. The minimum absolute atomic E-state index is 0.0700. The molecule has 1 saturated carbocycles. The summed E-state index contributed by atoms with van der Waals surface area (Å²) in [7, 11) is 1.58. The second-order valence-corrected chi connectivity index (χ2v) is 8.30. The largest absolute Gasteiger partial charge is 0.481 e. The molecule has 0 saturated heterocycles. The van der Waals surface area contributed by atoms with Crippen LogP contribution in [0.2, 0.25) is 0 Å². The molecular weight excluding hydrogens is 395 g/mol. The van der Waals surface area contributed by atoms with Crippen molar-refractivity contribution in [2.45, 2.75) is 64.8 Å². The standard InChI is InChI=1S/C24H29FN4O2/c1-15-20(12-13-21(30)26-18-9-5-4-6-10-18)24(31-3)27-23-22(15)16(2)28-29(23)19-11-7-8-17(25)14-19/h7-8,11,14,18H,4-6,9-10,12-13H2,1-3H3,(H,26,30). The Bertz CT molecular complexity index is 1100. The maximum atomic E-state index is 13.8. The normalized spacial score (nSPS) is 14.7. The molecule has 31 heavy (non-hydrogen) atoms. The Morgan fingerprint density at radius 1 is 1.26 bits per heavy atom. The van der Waals surface area contributed by atoms with E-state index >= 15 is 0 Å². The third-order valence-corrected chi connectivity index (χ3v) is 6.15. The van der Waals surface area contributed by atoms with E-state index in [9.17, 15) is 9.18 Å². The fourth-order valence-electron chi connectivity index (χ4n) is 4.57. The molecule has 1 aliphatic carbocycles. The van der Waals surface area contributed by atoms with Gasteiger partial charge in [-0.25, -0.2) is 9.07 Å². The zero-order chi connectivity index (χ0) is 22.0. The lowest BCUT2D eigenvalue weighted by atomic mass is 9.95. The van der Waals surface area contributed by atoms with Crippen molar-refractivity contribution in [2.75, 3.05) is 7.11 Å². The third kappa shape index (κ3) is 4.40. The molecule has 7 heteroatoms. The second kappa shape index (κ2) is 9.04. The van der Waals surface area contributed by atoms with Gasteiger partial charge in [0, 0.05) is 23.4 Å². The summed E-state index contributed by atoms with van der Waals surface area (Å²) < 4.78 is 21.0. The average molecular weight is 425 g/mol. The summed E-state index contributed by atoms with van der Waals surface area (Å²) in [6, 6.07) is 6.58. The molecule has 1 N–H and O–H groups in total. The molecule has 1 aromatic carbocycles. The number of fused-ring (bicyclic) bond motifs is 1. The van der Waals surface area contributed by atoms with Gasteiger partial charge in [0.1, 0.15) is 5.82 Å².